The van der Waals surface area contributed by atoms with Crippen molar-refractivity contribution >= 4 is 11.9 Å². The van der Waals surface area contributed by atoms with Crippen molar-refractivity contribution in [3.05, 3.63) is 59.9 Å². The molecule has 1 aromatic carbocycles. The number of rotatable bonds is 6. The number of nitrogens with one attached hydrogen (secondary N) is 1. The van der Waals surface area contributed by atoms with Crippen LogP contribution < -0.4 is 10.1 Å². The molecule has 0 bridgehead atoms. The van der Waals surface area contributed by atoms with Gasteiger partial charge in [-0.1, -0.05) is 6.07 Å². The van der Waals surface area contributed by atoms with E-state index >= 15 is 0 Å². The van der Waals surface area contributed by atoms with Gasteiger partial charge in [0.25, 0.3) is 0 Å². The first kappa shape index (κ1) is 17.9. The molecule has 136 valence electrons. The standard InChI is InChI=1S/C19H20N2O5/c22-18(11-14-3-1-2-9-20-14)21-16-8-10-25-12-17(16)26-15-6-4-13(5-7-15)19(23)24/h1-7,9,16-17H,8,10-12H2,(H,21,22)(H,23,24)/t16-,17-/m1/s1. The summed E-state index contributed by atoms with van der Waals surface area (Å²) < 4.78 is 11.4. The van der Waals surface area contributed by atoms with Crippen molar-refractivity contribution in [2.24, 2.45) is 0 Å². The van der Waals surface area contributed by atoms with Gasteiger partial charge in [0.15, 0.2) is 0 Å². The second kappa shape index (κ2) is 8.44. The summed E-state index contributed by atoms with van der Waals surface area (Å²) in [5, 5.41) is 11.9. The van der Waals surface area contributed by atoms with E-state index in [9.17, 15) is 9.59 Å². The van der Waals surface area contributed by atoms with Crippen molar-refractivity contribution in [2.75, 3.05) is 13.2 Å². The van der Waals surface area contributed by atoms with E-state index in [0.717, 1.165) is 0 Å². The number of ether oxygens (including phenoxy) is 2. The van der Waals surface area contributed by atoms with Crippen LogP contribution in [0.3, 0.4) is 0 Å². The summed E-state index contributed by atoms with van der Waals surface area (Å²) in [5.74, 6) is -0.572. The molecule has 0 radical (unpaired) electrons. The fraction of sp³-hybridized carbons (Fsp3) is 0.316. The molecule has 7 nitrogen and oxygen atoms in total. The number of amides is 1. The van der Waals surface area contributed by atoms with Gasteiger partial charge in [0.2, 0.25) is 5.91 Å². The van der Waals surface area contributed by atoms with Crippen LogP contribution in [0.5, 0.6) is 5.75 Å². The first-order valence-electron chi connectivity index (χ1n) is 8.39. The molecule has 1 amide bonds. The lowest BCUT2D eigenvalue weighted by molar-refractivity contribution is -0.123. The molecule has 0 spiro atoms. The predicted octanol–water partition coefficient (Wildman–Crippen LogP) is 1.67. The third-order valence-electron chi connectivity index (χ3n) is 4.11. The Balaban J connectivity index is 1.60. The third kappa shape index (κ3) is 4.80. The maximum Gasteiger partial charge on any atom is 0.335 e. The molecule has 1 aromatic heterocycles. The van der Waals surface area contributed by atoms with Crippen molar-refractivity contribution in [1.29, 1.82) is 0 Å². The Hall–Kier alpha value is -2.93. The number of benzene rings is 1. The zero-order valence-electron chi connectivity index (χ0n) is 14.1. The maximum absolute atomic E-state index is 12.3. The molecular formula is C19H20N2O5. The van der Waals surface area contributed by atoms with Crippen LogP contribution >= 0.6 is 0 Å². The number of carboxylic acid groups (broad SMARTS) is 1. The SMILES string of the molecule is O=C(Cc1ccccn1)N[C@@H]1CCOC[C@H]1Oc1ccc(C(=O)O)cc1. The van der Waals surface area contributed by atoms with E-state index in [4.69, 9.17) is 14.6 Å². The Labute approximate surface area is 151 Å². The Morgan fingerprint density at radius 1 is 1.23 bits per heavy atom. The first-order chi connectivity index (χ1) is 12.6. The summed E-state index contributed by atoms with van der Waals surface area (Å²) >= 11 is 0. The molecule has 2 atom stereocenters. The molecule has 1 saturated heterocycles. The van der Waals surface area contributed by atoms with E-state index in [2.05, 4.69) is 10.3 Å². The average Bonchev–Trinajstić information content (AvgIpc) is 2.64. The summed E-state index contributed by atoms with van der Waals surface area (Å²) in [6, 6.07) is 11.4. The largest absolute Gasteiger partial charge is 0.486 e. The summed E-state index contributed by atoms with van der Waals surface area (Å²) in [4.78, 5) is 27.4. The van der Waals surface area contributed by atoms with Crippen LogP contribution in [-0.2, 0) is 16.0 Å². The van der Waals surface area contributed by atoms with E-state index in [1.807, 2.05) is 12.1 Å². The van der Waals surface area contributed by atoms with Gasteiger partial charge in [-0.05, 0) is 42.8 Å². The molecule has 2 heterocycles. The van der Waals surface area contributed by atoms with Crippen LogP contribution in [0.2, 0.25) is 0 Å². The van der Waals surface area contributed by atoms with Gasteiger partial charge in [-0.3, -0.25) is 9.78 Å². The van der Waals surface area contributed by atoms with E-state index in [-0.39, 0.29) is 30.0 Å². The third-order valence-corrected chi connectivity index (χ3v) is 4.11. The number of hydrogen-bond donors (Lipinski definition) is 2. The van der Waals surface area contributed by atoms with Gasteiger partial charge in [0, 0.05) is 18.5 Å². The van der Waals surface area contributed by atoms with Crippen LogP contribution in [0.15, 0.2) is 48.7 Å². The van der Waals surface area contributed by atoms with Crippen LogP contribution in [0.1, 0.15) is 22.5 Å². The van der Waals surface area contributed by atoms with E-state index in [0.29, 0.717) is 31.1 Å². The summed E-state index contributed by atoms with van der Waals surface area (Å²) in [6.45, 7) is 0.904. The highest BCUT2D eigenvalue weighted by Crippen LogP contribution is 2.19. The van der Waals surface area contributed by atoms with E-state index in [1.165, 1.54) is 12.1 Å². The number of nitrogens with zero attached hydrogens (tertiary/aromatic N) is 1. The summed E-state index contributed by atoms with van der Waals surface area (Å²) in [6.07, 6.45) is 2.17. The first-order valence-corrected chi connectivity index (χ1v) is 8.39. The molecule has 1 aliphatic rings. The topological polar surface area (TPSA) is 97.8 Å². The fourth-order valence-electron chi connectivity index (χ4n) is 2.77. The van der Waals surface area contributed by atoms with Crippen molar-refractivity contribution in [1.82, 2.24) is 10.3 Å². The molecule has 1 fully saturated rings. The highest BCUT2D eigenvalue weighted by molar-refractivity contribution is 5.87. The van der Waals surface area contributed by atoms with E-state index < -0.39 is 5.97 Å². The lowest BCUT2D eigenvalue weighted by Crippen LogP contribution is -2.51. The van der Waals surface area contributed by atoms with Crippen molar-refractivity contribution in [2.45, 2.75) is 25.0 Å². The molecule has 0 unspecified atom stereocenters. The minimum absolute atomic E-state index is 0.120. The molecule has 26 heavy (non-hydrogen) atoms. The van der Waals surface area contributed by atoms with Crippen LogP contribution in [0.25, 0.3) is 0 Å². The number of pyridine rings is 1. The highest BCUT2D eigenvalue weighted by atomic mass is 16.5. The minimum atomic E-state index is -0.989. The van der Waals surface area contributed by atoms with Crippen molar-refractivity contribution < 1.29 is 24.2 Å². The highest BCUT2D eigenvalue weighted by Gasteiger charge is 2.29. The maximum atomic E-state index is 12.3. The van der Waals surface area contributed by atoms with Gasteiger partial charge in [-0.25, -0.2) is 4.79 Å². The molecule has 2 aromatic rings. The number of carboxylic acids is 1. The average molecular weight is 356 g/mol. The van der Waals surface area contributed by atoms with Gasteiger partial charge in [-0.15, -0.1) is 0 Å². The number of hydrogen-bond acceptors (Lipinski definition) is 5. The molecule has 3 rings (SSSR count). The lowest BCUT2D eigenvalue weighted by atomic mass is 10.1. The Bertz CT molecular complexity index is 748. The van der Waals surface area contributed by atoms with E-state index in [1.54, 1.807) is 24.4 Å². The van der Waals surface area contributed by atoms with Crippen LogP contribution in [-0.4, -0.2) is 47.3 Å². The van der Waals surface area contributed by atoms with Gasteiger partial charge < -0.3 is 19.9 Å². The van der Waals surface area contributed by atoms with Crippen LogP contribution in [0, 0.1) is 0 Å². The van der Waals surface area contributed by atoms with Crippen molar-refractivity contribution in [3.63, 3.8) is 0 Å². The molecule has 0 saturated carbocycles. The van der Waals surface area contributed by atoms with Gasteiger partial charge in [0.05, 0.1) is 24.6 Å². The zero-order chi connectivity index (χ0) is 18.4. The zero-order valence-corrected chi connectivity index (χ0v) is 14.1. The molecule has 0 aliphatic carbocycles. The second-order valence-corrected chi connectivity index (χ2v) is 6.02. The Kier molecular flexibility index (Phi) is 5.80. The number of aromatic carboxylic acids is 1. The monoisotopic (exact) mass is 356 g/mol. The summed E-state index contributed by atoms with van der Waals surface area (Å²) in [5.41, 5.74) is 0.899. The van der Waals surface area contributed by atoms with Crippen LogP contribution in [0.4, 0.5) is 0 Å². The van der Waals surface area contributed by atoms with Crippen molar-refractivity contribution in [3.8, 4) is 5.75 Å². The van der Waals surface area contributed by atoms with Gasteiger partial charge in [-0.2, -0.15) is 0 Å². The minimum Gasteiger partial charge on any atom is -0.486 e. The molecular weight excluding hydrogens is 336 g/mol. The molecule has 7 heteroatoms. The molecule has 2 N–H and O–H groups in total. The normalized spacial score (nSPS) is 19.5. The quantitative estimate of drug-likeness (QED) is 0.817. The van der Waals surface area contributed by atoms with Gasteiger partial charge >= 0.3 is 5.97 Å². The second-order valence-electron chi connectivity index (χ2n) is 6.02. The number of carbonyl (C=O) groups excluding carboxylic acids is 1. The predicted molar refractivity (Wildman–Crippen MR) is 93.1 cm³/mol. The molecule has 1 aliphatic heterocycles. The van der Waals surface area contributed by atoms with Gasteiger partial charge in [0.1, 0.15) is 11.9 Å². The number of aromatic nitrogens is 1. The fourth-order valence-corrected chi connectivity index (χ4v) is 2.77. The number of carbonyl (C=O) groups is 2. The lowest BCUT2D eigenvalue weighted by Gasteiger charge is -2.32. The summed E-state index contributed by atoms with van der Waals surface area (Å²) in [7, 11) is 0. The smallest absolute Gasteiger partial charge is 0.335 e. The Morgan fingerprint density at radius 3 is 2.73 bits per heavy atom. The Morgan fingerprint density at radius 2 is 2.04 bits per heavy atom.